The molecule has 2 rings (SSSR count). The fourth-order valence-electron chi connectivity index (χ4n) is 2.06. The van der Waals surface area contributed by atoms with Gasteiger partial charge in [0.05, 0.1) is 11.7 Å². The van der Waals surface area contributed by atoms with Crippen molar-refractivity contribution in [2.75, 3.05) is 6.54 Å². The topological polar surface area (TPSA) is 37.8 Å². The average Bonchev–Trinajstić information content (AvgIpc) is 2.98. The molecule has 1 saturated carbocycles. The molecule has 82 valence electrons. The van der Waals surface area contributed by atoms with E-state index in [-0.39, 0.29) is 0 Å². The van der Waals surface area contributed by atoms with Crippen molar-refractivity contribution in [1.82, 2.24) is 15.3 Å². The molecule has 1 aromatic heterocycles. The van der Waals surface area contributed by atoms with Crippen molar-refractivity contribution in [3.8, 4) is 0 Å². The molecule has 0 aliphatic heterocycles. The minimum absolute atomic E-state index is 0.411. The molecule has 0 radical (unpaired) electrons. The maximum absolute atomic E-state index is 4.40. The van der Waals surface area contributed by atoms with Crippen LogP contribution in [0.1, 0.15) is 38.4 Å². The Morgan fingerprint density at radius 1 is 1.53 bits per heavy atom. The molecule has 0 saturated heterocycles. The van der Waals surface area contributed by atoms with Gasteiger partial charge in [0.25, 0.3) is 0 Å². The molecule has 0 spiro atoms. The summed E-state index contributed by atoms with van der Waals surface area (Å²) in [6.07, 6.45) is 7.88. The summed E-state index contributed by atoms with van der Waals surface area (Å²) in [6, 6.07) is 0.411. The molecule has 0 amide bonds. The van der Waals surface area contributed by atoms with E-state index in [2.05, 4.69) is 29.1 Å². The van der Waals surface area contributed by atoms with Crippen LogP contribution >= 0.6 is 0 Å². The highest BCUT2D eigenvalue weighted by Crippen LogP contribution is 2.46. The van der Waals surface area contributed by atoms with E-state index in [4.69, 9.17) is 0 Å². The number of rotatable bonds is 5. The molecule has 3 heteroatoms. The molecule has 3 unspecified atom stereocenters. The van der Waals surface area contributed by atoms with Crippen LogP contribution in [0.15, 0.2) is 18.6 Å². The largest absolute Gasteiger partial charge is 0.308 e. The standard InChI is InChI=1S/C12H19N3/c1-3-4-15-12(10-7-9(10)2)11-8-13-5-6-14-11/h5-6,8-10,12,15H,3-4,7H2,1-2H3. The molecule has 1 aromatic rings. The zero-order chi connectivity index (χ0) is 10.7. The van der Waals surface area contributed by atoms with E-state index in [1.807, 2.05) is 6.20 Å². The van der Waals surface area contributed by atoms with Crippen LogP contribution in [0.2, 0.25) is 0 Å². The lowest BCUT2D eigenvalue weighted by Crippen LogP contribution is -2.25. The molecule has 1 aliphatic rings. The molecule has 1 fully saturated rings. The normalized spacial score (nSPS) is 26.3. The van der Waals surface area contributed by atoms with Gasteiger partial charge in [0.15, 0.2) is 0 Å². The number of hydrogen-bond acceptors (Lipinski definition) is 3. The molecule has 1 heterocycles. The van der Waals surface area contributed by atoms with E-state index < -0.39 is 0 Å². The van der Waals surface area contributed by atoms with Gasteiger partial charge in [-0.15, -0.1) is 0 Å². The van der Waals surface area contributed by atoms with Crippen LogP contribution in [0.3, 0.4) is 0 Å². The zero-order valence-corrected chi connectivity index (χ0v) is 9.48. The van der Waals surface area contributed by atoms with Gasteiger partial charge in [0.2, 0.25) is 0 Å². The van der Waals surface area contributed by atoms with Gasteiger partial charge in [0, 0.05) is 18.6 Å². The first kappa shape index (κ1) is 10.6. The first-order valence-corrected chi connectivity index (χ1v) is 5.82. The van der Waals surface area contributed by atoms with E-state index >= 15 is 0 Å². The Hall–Kier alpha value is -0.960. The first-order chi connectivity index (χ1) is 7.33. The maximum Gasteiger partial charge on any atom is 0.0758 e. The van der Waals surface area contributed by atoms with E-state index in [1.54, 1.807) is 12.4 Å². The Kier molecular flexibility index (Phi) is 3.31. The van der Waals surface area contributed by atoms with Gasteiger partial charge in [-0.05, 0) is 31.2 Å². The van der Waals surface area contributed by atoms with Crippen molar-refractivity contribution in [3.05, 3.63) is 24.3 Å². The van der Waals surface area contributed by atoms with Crippen LogP contribution in [-0.4, -0.2) is 16.5 Å². The molecule has 1 N–H and O–H groups in total. The van der Waals surface area contributed by atoms with Crippen molar-refractivity contribution in [1.29, 1.82) is 0 Å². The molecule has 1 aliphatic carbocycles. The molecular weight excluding hydrogens is 186 g/mol. The van der Waals surface area contributed by atoms with Crippen molar-refractivity contribution >= 4 is 0 Å². The smallest absolute Gasteiger partial charge is 0.0758 e. The average molecular weight is 205 g/mol. The first-order valence-electron chi connectivity index (χ1n) is 5.82. The lowest BCUT2D eigenvalue weighted by molar-refractivity contribution is 0.452. The van der Waals surface area contributed by atoms with E-state index in [1.165, 1.54) is 6.42 Å². The minimum atomic E-state index is 0.411. The Balaban J connectivity index is 2.05. The second-order valence-corrected chi connectivity index (χ2v) is 4.44. The van der Waals surface area contributed by atoms with Crippen LogP contribution < -0.4 is 5.32 Å². The van der Waals surface area contributed by atoms with Gasteiger partial charge in [-0.2, -0.15) is 0 Å². The van der Waals surface area contributed by atoms with Gasteiger partial charge in [-0.3, -0.25) is 9.97 Å². The lowest BCUT2D eigenvalue weighted by Gasteiger charge is -2.17. The van der Waals surface area contributed by atoms with Crippen molar-refractivity contribution in [2.24, 2.45) is 11.8 Å². The van der Waals surface area contributed by atoms with Gasteiger partial charge >= 0.3 is 0 Å². The summed E-state index contributed by atoms with van der Waals surface area (Å²) in [4.78, 5) is 8.55. The van der Waals surface area contributed by atoms with Crippen LogP contribution in [0.25, 0.3) is 0 Å². The second-order valence-electron chi connectivity index (χ2n) is 4.44. The SMILES string of the molecule is CCCNC(c1cnccn1)C1CC1C. The fraction of sp³-hybridized carbons (Fsp3) is 0.667. The third-order valence-electron chi connectivity index (χ3n) is 3.12. The summed E-state index contributed by atoms with van der Waals surface area (Å²) < 4.78 is 0. The van der Waals surface area contributed by atoms with E-state index in [0.29, 0.717) is 6.04 Å². The number of nitrogens with zero attached hydrogens (tertiary/aromatic N) is 2. The van der Waals surface area contributed by atoms with Gasteiger partial charge in [0.1, 0.15) is 0 Å². The predicted octanol–water partition coefficient (Wildman–Crippen LogP) is 2.17. The third kappa shape index (κ3) is 2.53. The van der Waals surface area contributed by atoms with Gasteiger partial charge < -0.3 is 5.32 Å². The Bertz CT molecular complexity index is 299. The van der Waals surface area contributed by atoms with Crippen LogP contribution in [-0.2, 0) is 0 Å². The summed E-state index contributed by atoms with van der Waals surface area (Å²) in [5, 5.41) is 3.58. The van der Waals surface area contributed by atoms with E-state index in [9.17, 15) is 0 Å². The molecule has 3 nitrogen and oxygen atoms in total. The van der Waals surface area contributed by atoms with E-state index in [0.717, 1.165) is 30.5 Å². The summed E-state index contributed by atoms with van der Waals surface area (Å²) in [7, 11) is 0. The van der Waals surface area contributed by atoms with Crippen LogP contribution in [0, 0.1) is 11.8 Å². The summed E-state index contributed by atoms with van der Waals surface area (Å²) >= 11 is 0. The Morgan fingerprint density at radius 2 is 2.33 bits per heavy atom. The van der Waals surface area contributed by atoms with Crippen LogP contribution in [0.5, 0.6) is 0 Å². The van der Waals surface area contributed by atoms with Crippen molar-refractivity contribution in [2.45, 2.75) is 32.7 Å². The number of nitrogens with one attached hydrogen (secondary N) is 1. The van der Waals surface area contributed by atoms with Crippen molar-refractivity contribution in [3.63, 3.8) is 0 Å². The molecule has 15 heavy (non-hydrogen) atoms. The third-order valence-corrected chi connectivity index (χ3v) is 3.12. The summed E-state index contributed by atoms with van der Waals surface area (Å²) in [5.41, 5.74) is 1.10. The number of aromatic nitrogens is 2. The summed E-state index contributed by atoms with van der Waals surface area (Å²) in [6.45, 7) is 5.56. The summed E-state index contributed by atoms with van der Waals surface area (Å²) in [5.74, 6) is 1.59. The quantitative estimate of drug-likeness (QED) is 0.800. The minimum Gasteiger partial charge on any atom is -0.308 e. The molecule has 0 aromatic carbocycles. The second kappa shape index (κ2) is 4.71. The lowest BCUT2D eigenvalue weighted by atomic mass is 10.1. The highest BCUT2D eigenvalue weighted by atomic mass is 15.0. The van der Waals surface area contributed by atoms with Gasteiger partial charge in [-0.25, -0.2) is 0 Å². The Labute approximate surface area is 91.3 Å². The molecular formula is C12H19N3. The zero-order valence-electron chi connectivity index (χ0n) is 9.48. The monoisotopic (exact) mass is 205 g/mol. The highest BCUT2D eigenvalue weighted by molar-refractivity contribution is 5.09. The molecule has 3 atom stereocenters. The maximum atomic E-state index is 4.40. The highest BCUT2D eigenvalue weighted by Gasteiger charge is 2.40. The van der Waals surface area contributed by atoms with Crippen LogP contribution in [0.4, 0.5) is 0 Å². The van der Waals surface area contributed by atoms with Crippen molar-refractivity contribution < 1.29 is 0 Å². The van der Waals surface area contributed by atoms with Gasteiger partial charge in [-0.1, -0.05) is 13.8 Å². The Morgan fingerprint density at radius 3 is 2.87 bits per heavy atom. The fourth-order valence-corrected chi connectivity index (χ4v) is 2.06. The predicted molar refractivity (Wildman–Crippen MR) is 60.3 cm³/mol. The molecule has 0 bridgehead atoms. The number of hydrogen-bond donors (Lipinski definition) is 1.